The molecule has 1 unspecified atom stereocenters. The lowest BCUT2D eigenvalue weighted by Crippen LogP contribution is -2.49. The average Bonchev–Trinajstić information content (AvgIpc) is 3.19. The van der Waals surface area contributed by atoms with Gasteiger partial charge in [-0.05, 0) is 30.9 Å². The van der Waals surface area contributed by atoms with Gasteiger partial charge in [-0.25, -0.2) is 4.79 Å². The number of fused-ring (bicyclic) bond motifs is 1. The molecule has 1 saturated heterocycles. The fourth-order valence-corrected chi connectivity index (χ4v) is 3.35. The summed E-state index contributed by atoms with van der Waals surface area (Å²) in [4.78, 5) is 36.3. The molecule has 1 aliphatic heterocycles. The van der Waals surface area contributed by atoms with E-state index in [9.17, 15) is 19.5 Å². The van der Waals surface area contributed by atoms with Crippen LogP contribution in [0.2, 0.25) is 0 Å². The number of aromatic nitrogens is 1. The van der Waals surface area contributed by atoms with Crippen molar-refractivity contribution < 1.29 is 19.5 Å². The van der Waals surface area contributed by atoms with Crippen LogP contribution >= 0.6 is 0 Å². The molecule has 1 aromatic carbocycles. The van der Waals surface area contributed by atoms with Gasteiger partial charge in [0.15, 0.2) is 0 Å². The topological polar surface area (TPSA) is 106 Å². The van der Waals surface area contributed by atoms with Crippen molar-refractivity contribution in [3.63, 3.8) is 0 Å². The van der Waals surface area contributed by atoms with Crippen molar-refractivity contribution in [2.45, 2.75) is 31.3 Å². The zero-order valence-electron chi connectivity index (χ0n) is 13.1. The van der Waals surface area contributed by atoms with Crippen molar-refractivity contribution in [2.75, 3.05) is 6.54 Å². The molecule has 1 amide bonds. The van der Waals surface area contributed by atoms with E-state index in [1.807, 2.05) is 24.3 Å². The summed E-state index contributed by atoms with van der Waals surface area (Å²) in [5.74, 6) is -1.35. The largest absolute Gasteiger partial charge is 0.480 e. The molecule has 0 spiro atoms. The van der Waals surface area contributed by atoms with Gasteiger partial charge in [0.1, 0.15) is 6.04 Å². The second-order valence-electron chi connectivity index (χ2n) is 6.02. The Hall–Kier alpha value is -2.67. The minimum absolute atomic E-state index is 0.253. The third kappa shape index (κ3) is 2.78. The predicted molar refractivity (Wildman–Crippen MR) is 88.1 cm³/mol. The number of carbonyl (C=O) groups excluding carboxylic acids is 2. The van der Waals surface area contributed by atoms with Crippen LogP contribution in [0.3, 0.4) is 0 Å². The first kappa shape index (κ1) is 16.2. The van der Waals surface area contributed by atoms with Gasteiger partial charge in [-0.15, -0.1) is 0 Å². The Morgan fingerprint density at radius 2 is 2.12 bits per heavy atom. The van der Waals surface area contributed by atoms with Gasteiger partial charge < -0.3 is 15.7 Å². The van der Waals surface area contributed by atoms with Gasteiger partial charge in [-0.1, -0.05) is 18.2 Å². The van der Waals surface area contributed by atoms with Crippen LogP contribution in [0.15, 0.2) is 30.5 Å². The molecule has 0 saturated carbocycles. The number of hydrogen-bond acceptors (Lipinski definition) is 4. The van der Waals surface area contributed by atoms with E-state index >= 15 is 0 Å². The van der Waals surface area contributed by atoms with Crippen LogP contribution in [-0.4, -0.2) is 51.5 Å². The van der Waals surface area contributed by atoms with Crippen molar-refractivity contribution in [3.8, 4) is 0 Å². The first-order valence-electron chi connectivity index (χ1n) is 7.85. The molecule has 0 radical (unpaired) electrons. The summed E-state index contributed by atoms with van der Waals surface area (Å²) in [6.07, 6.45) is 3.75. The molecule has 7 nitrogen and oxygen atoms in total. The highest BCUT2D eigenvalue weighted by atomic mass is 16.4. The van der Waals surface area contributed by atoms with E-state index in [0.717, 1.165) is 16.5 Å². The third-order valence-corrected chi connectivity index (χ3v) is 4.51. The van der Waals surface area contributed by atoms with E-state index in [1.165, 1.54) is 9.47 Å². The fraction of sp³-hybridized carbons (Fsp3) is 0.353. The van der Waals surface area contributed by atoms with Crippen molar-refractivity contribution >= 4 is 29.2 Å². The van der Waals surface area contributed by atoms with Crippen LogP contribution < -0.4 is 5.73 Å². The van der Waals surface area contributed by atoms with Crippen LogP contribution in [0.1, 0.15) is 18.4 Å². The Kier molecular flexibility index (Phi) is 4.35. The van der Waals surface area contributed by atoms with Gasteiger partial charge in [0.25, 0.3) is 0 Å². The Morgan fingerprint density at radius 3 is 2.83 bits per heavy atom. The van der Waals surface area contributed by atoms with Crippen molar-refractivity contribution in [1.29, 1.82) is 0 Å². The molecular formula is C17H19N3O4. The summed E-state index contributed by atoms with van der Waals surface area (Å²) in [6.45, 7) is 0.416. The highest BCUT2D eigenvalue weighted by Crippen LogP contribution is 2.23. The first-order chi connectivity index (χ1) is 11.5. The van der Waals surface area contributed by atoms with Gasteiger partial charge in [0, 0.05) is 18.1 Å². The van der Waals surface area contributed by atoms with E-state index in [1.54, 1.807) is 6.20 Å². The summed E-state index contributed by atoms with van der Waals surface area (Å²) >= 11 is 0. The standard InChI is InChI=1S/C17H19N3O4/c18-13(16(22)20-7-3-6-15(20)17(23)24)8-11-9-19(10-21)14-5-2-1-4-12(11)14/h1-2,4-5,9-10,13,15H,3,6-8,18H2,(H,23,24)/t13-,15?/m1/s1. The molecule has 1 aromatic heterocycles. The van der Waals surface area contributed by atoms with Gasteiger partial charge in [0.05, 0.1) is 11.6 Å². The molecule has 3 rings (SSSR count). The molecule has 2 heterocycles. The summed E-state index contributed by atoms with van der Waals surface area (Å²) < 4.78 is 1.46. The van der Waals surface area contributed by atoms with Crippen LogP contribution in [0.4, 0.5) is 0 Å². The Balaban J connectivity index is 1.82. The van der Waals surface area contributed by atoms with Gasteiger partial charge in [-0.2, -0.15) is 0 Å². The van der Waals surface area contributed by atoms with Gasteiger partial charge >= 0.3 is 5.97 Å². The summed E-state index contributed by atoms with van der Waals surface area (Å²) in [5.41, 5.74) is 7.60. The number of hydrogen-bond donors (Lipinski definition) is 2. The first-order valence-corrected chi connectivity index (χ1v) is 7.85. The molecule has 0 bridgehead atoms. The number of carbonyl (C=O) groups is 3. The number of benzene rings is 1. The Bertz CT molecular complexity index is 798. The lowest BCUT2D eigenvalue weighted by molar-refractivity contribution is -0.148. The van der Waals surface area contributed by atoms with Crippen LogP contribution in [0, 0.1) is 0 Å². The average molecular weight is 329 g/mol. The number of likely N-dealkylation sites (tertiary alicyclic amines) is 1. The molecule has 24 heavy (non-hydrogen) atoms. The van der Waals surface area contributed by atoms with E-state index in [4.69, 9.17) is 5.73 Å². The Morgan fingerprint density at radius 1 is 1.38 bits per heavy atom. The molecule has 3 N–H and O–H groups in total. The summed E-state index contributed by atoms with van der Waals surface area (Å²) in [7, 11) is 0. The van der Waals surface area contributed by atoms with Crippen LogP contribution in [0.25, 0.3) is 10.9 Å². The zero-order valence-corrected chi connectivity index (χ0v) is 13.1. The molecule has 126 valence electrons. The summed E-state index contributed by atoms with van der Waals surface area (Å²) in [5, 5.41) is 10.1. The number of carboxylic acids is 1. The summed E-state index contributed by atoms with van der Waals surface area (Å²) in [6, 6.07) is 5.75. The van der Waals surface area contributed by atoms with Crippen molar-refractivity contribution in [2.24, 2.45) is 5.73 Å². The van der Waals surface area contributed by atoms with Crippen LogP contribution in [-0.2, 0) is 20.8 Å². The number of nitrogens with two attached hydrogens (primary N) is 1. The lowest BCUT2D eigenvalue weighted by atomic mass is 10.0. The highest BCUT2D eigenvalue weighted by molar-refractivity contribution is 5.91. The normalized spacial score (nSPS) is 18.7. The Labute approximate surface area is 138 Å². The SMILES string of the molecule is N[C@H](Cc1cn(C=O)c2ccccc12)C(=O)N1CCCC1C(=O)O. The second-order valence-corrected chi connectivity index (χ2v) is 6.02. The van der Waals surface area contributed by atoms with Gasteiger partial charge in [-0.3, -0.25) is 14.2 Å². The maximum atomic E-state index is 12.5. The molecule has 2 aromatic rings. The van der Waals surface area contributed by atoms with E-state index in [-0.39, 0.29) is 12.3 Å². The number of nitrogens with zero attached hydrogens (tertiary/aromatic N) is 2. The third-order valence-electron chi connectivity index (χ3n) is 4.51. The predicted octanol–water partition coefficient (Wildman–Crippen LogP) is 0.625. The zero-order chi connectivity index (χ0) is 17.3. The van der Waals surface area contributed by atoms with Crippen molar-refractivity contribution in [1.82, 2.24) is 9.47 Å². The van der Waals surface area contributed by atoms with Gasteiger partial charge in [0.2, 0.25) is 12.3 Å². The highest BCUT2D eigenvalue weighted by Gasteiger charge is 2.36. The van der Waals surface area contributed by atoms with E-state index in [0.29, 0.717) is 25.8 Å². The van der Waals surface area contributed by atoms with E-state index < -0.39 is 18.1 Å². The quantitative estimate of drug-likeness (QED) is 0.783. The number of rotatable bonds is 5. The number of amides is 1. The maximum Gasteiger partial charge on any atom is 0.326 e. The molecule has 1 fully saturated rings. The molecule has 7 heteroatoms. The monoisotopic (exact) mass is 329 g/mol. The second kappa shape index (κ2) is 6.45. The molecular weight excluding hydrogens is 310 g/mol. The molecule has 1 aliphatic rings. The van der Waals surface area contributed by atoms with Crippen LogP contribution in [0.5, 0.6) is 0 Å². The smallest absolute Gasteiger partial charge is 0.326 e. The number of para-hydroxylation sites is 1. The number of aliphatic carboxylic acids is 1. The fourth-order valence-electron chi connectivity index (χ4n) is 3.35. The van der Waals surface area contributed by atoms with E-state index in [2.05, 4.69) is 0 Å². The number of carboxylic acid groups (broad SMARTS) is 1. The maximum absolute atomic E-state index is 12.5. The minimum atomic E-state index is -0.995. The molecule has 2 atom stereocenters. The minimum Gasteiger partial charge on any atom is -0.480 e. The molecule has 0 aliphatic carbocycles. The lowest BCUT2D eigenvalue weighted by Gasteiger charge is -2.24. The van der Waals surface area contributed by atoms with Crippen molar-refractivity contribution in [3.05, 3.63) is 36.0 Å².